The molecule has 1 aliphatic carbocycles. The molecule has 2 aliphatic rings. The van der Waals surface area contributed by atoms with Crippen LogP contribution in [0.1, 0.15) is 58.1 Å². The molecule has 3 rings (SSSR count). The molecule has 0 unspecified atom stereocenters. The molecule has 2 heterocycles. The van der Waals surface area contributed by atoms with Gasteiger partial charge in [0.05, 0.1) is 0 Å². The molecular formula is C17H26N4O2. The van der Waals surface area contributed by atoms with Crippen LogP contribution in [0.25, 0.3) is 0 Å². The Hall–Kier alpha value is -1.85. The lowest BCUT2D eigenvalue weighted by Crippen LogP contribution is -2.44. The SMILES string of the molecule is CC(C)(C)OC(=O)N1CCC(Nc2cc(C3CC3)ncn2)CC1. The summed E-state index contributed by atoms with van der Waals surface area (Å²) in [6.07, 6.45) is 5.72. The Kier molecular flexibility index (Phi) is 4.41. The van der Waals surface area contributed by atoms with E-state index < -0.39 is 5.60 Å². The summed E-state index contributed by atoms with van der Waals surface area (Å²) in [6.45, 7) is 7.11. The van der Waals surface area contributed by atoms with Gasteiger partial charge in [-0.3, -0.25) is 0 Å². The van der Waals surface area contributed by atoms with Crippen LogP contribution in [0.15, 0.2) is 12.4 Å². The zero-order chi connectivity index (χ0) is 16.4. The van der Waals surface area contributed by atoms with Crippen LogP contribution < -0.4 is 5.32 Å². The van der Waals surface area contributed by atoms with Crippen LogP contribution in [0, 0.1) is 0 Å². The summed E-state index contributed by atoms with van der Waals surface area (Å²) in [4.78, 5) is 22.5. The van der Waals surface area contributed by atoms with E-state index in [1.807, 2.05) is 20.8 Å². The van der Waals surface area contributed by atoms with Gasteiger partial charge < -0.3 is 15.0 Å². The second-order valence-corrected chi connectivity index (χ2v) is 7.49. The quantitative estimate of drug-likeness (QED) is 0.927. The van der Waals surface area contributed by atoms with Crippen LogP contribution in [0.4, 0.5) is 10.6 Å². The van der Waals surface area contributed by atoms with Crippen molar-refractivity contribution in [2.45, 2.75) is 64.0 Å². The van der Waals surface area contributed by atoms with E-state index in [-0.39, 0.29) is 6.09 Å². The van der Waals surface area contributed by atoms with Crippen molar-refractivity contribution in [3.63, 3.8) is 0 Å². The fourth-order valence-electron chi connectivity index (χ4n) is 2.80. The molecule has 2 fully saturated rings. The molecule has 0 bridgehead atoms. The van der Waals surface area contributed by atoms with E-state index >= 15 is 0 Å². The first-order chi connectivity index (χ1) is 10.9. The fourth-order valence-corrected chi connectivity index (χ4v) is 2.80. The van der Waals surface area contributed by atoms with E-state index in [9.17, 15) is 4.79 Å². The largest absolute Gasteiger partial charge is 0.444 e. The van der Waals surface area contributed by atoms with Crippen molar-refractivity contribution in [2.75, 3.05) is 18.4 Å². The number of aromatic nitrogens is 2. The van der Waals surface area contributed by atoms with Gasteiger partial charge in [-0.2, -0.15) is 0 Å². The van der Waals surface area contributed by atoms with Crippen LogP contribution in [-0.4, -0.2) is 45.7 Å². The van der Waals surface area contributed by atoms with Crippen molar-refractivity contribution < 1.29 is 9.53 Å². The van der Waals surface area contributed by atoms with Crippen molar-refractivity contribution in [3.8, 4) is 0 Å². The molecule has 126 valence electrons. The number of rotatable bonds is 3. The van der Waals surface area contributed by atoms with E-state index in [0.29, 0.717) is 25.0 Å². The highest BCUT2D eigenvalue weighted by molar-refractivity contribution is 5.68. The highest BCUT2D eigenvalue weighted by Gasteiger charge is 2.28. The third-order valence-electron chi connectivity index (χ3n) is 4.18. The van der Waals surface area contributed by atoms with Gasteiger partial charge >= 0.3 is 6.09 Å². The molecule has 1 aromatic heterocycles. The Morgan fingerprint density at radius 2 is 1.91 bits per heavy atom. The van der Waals surface area contributed by atoms with E-state index in [4.69, 9.17) is 4.74 Å². The smallest absolute Gasteiger partial charge is 0.410 e. The lowest BCUT2D eigenvalue weighted by Gasteiger charge is -2.33. The van der Waals surface area contributed by atoms with Crippen molar-refractivity contribution in [1.29, 1.82) is 0 Å². The molecule has 6 heteroatoms. The number of ether oxygens (including phenoxy) is 1. The standard InChI is InChI=1S/C17H26N4O2/c1-17(2,3)23-16(22)21-8-6-13(7-9-21)20-15-10-14(12-4-5-12)18-11-19-15/h10-13H,4-9H2,1-3H3,(H,18,19,20). The maximum atomic E-state index is 12.1. The summed E-state index contributed by atoms with van der Waals surface area (Å²) in [7, 11) is 0. The number of likely N-dealkylation sites (tertiary alicyclic amines) is 1. The predicted octanol–water partition coefficient (Wildman–Crippen LogP) is 3.17. The van der Waals surface area contributed by atoms with Crippen LogP contribution in [0.2, 0.25) is 0 Å². The Labute approximate surface area is 137 Å². The van der Waals surface area contributed by atoms with Gasteiger partial charge in [0, 0.05) is 36.8 Å². The monoisotopic (exact) mass is 318 g/mol. The predicted molar refractivity (Wildman–Crippen MR) is 88.5 cm³/mol. The van der Waals surface area contributed by atoms with Crippen LogP contribution >= 0.6 is 0 Å². The number of piperidine rings is 1. The number of carbonyl (C=O) groups is 1. The number of nitrogens with zero attached hydrogens (tertiary/aromatic N) is 3. The number of hydrogen-bond donors (Lipinski definition) is 1. The Balaban J connectivity index is 1.49. The van der Waals surface area contributed by atoms with Gasteiger partial charge in [0.25, 0.3) is 0 Å². The summed E-state index contributed by atoms with van der Waals surface area (Å²) in [5.41, 5.74) is 0.709. The number of amides is 1. The summed E-state index contributed by atoms with van der Waals surface area (Å²) in [6, 6.07) is 2.41. The summed E-state index contributed by atoms with van der Waals surface area (Å²) in [5, 5.41) is 3.48. The van der Waals surface area contributed by atoms with Crippen LogP contribution in [0.5, 0.6) is 0 Å². The number of hydrogen-bond acceptors (Lipinski definition) is 5. The molecule has 1 aliphatic heterocycles. The Morgan fingerprint density at radius 3 is 2.52 bits per heavy atom. The molecular weight excluding hydrogens is 292 g/mol. The minimum Gasteiger partial charge on any atom is -0.444 e. The first-order valence-corrected chi connectivity index (χ1v) is 8.47. The normalized spacial score (nSPS) is 19.5. The van der Waals surface area contributed by atoms with Gasteiger partial charge in [0.2, 0.25) is 0 Å². The lowest BCUT2D eigenvalue weighted by atomic mass is 10.1. The first kappa shape index (κ1) is 16.0. The average molecular weight is 318 g/mol. The average Bonchev–Trinajstić information content (AvgIpc) is 3.31. The number of nitrogens with one attached hydrogen (secondary N) is 1. The molecule has 0 atom stereocenters. The number of carbonyl (C=O) groups excluding carboxylic acids is 1. The maximum absolute atomic E-state index is 12.1. The van der Waals surface area contributed by atoms with E-state index in [1.165, 1.54) is 12.8 Å². The molecule has 1 aromatic rings. The first-order valence-electron chi connectivity index (χ1n) is 8.47. The molecule has 0 aromatic carbocycles. The van der Waals surface area contributed by atoms with Crippen LogP contribution in [-0.2, 0) is 4.74 Å². The highest BCUT2D eigenvalue weighted by Crippen LogP contribution is 2.39. The molecule has 1 saturated carbocycles. The molecule has 23 heavy (non-hydrogen) atoms. The Morgan fingerprint density at radius 1 is 1.22 bits per heavy atom. The van der Waals surface area contributed by atoms with Crippen molar-refractivity contribution in [3.05, 3.63) is 18.1 Å². The summed E-state index contributed by atoms with van der Waals surface area (Å²) >= 11 is 0. The minimum atomic E-state index is -0.438. The molecule has 1 N–H and O–H groups in total. The highest BCUT2D eigenvalue weighted by atomic mass is 16.6. The molecule has 6 nitrogen and oxygen atoms in total. The Bertz CT molecular complexity index is 558. The van der Waals surface area contributed by atoms with Crippen molar-refractivity contribution >= 4 is 11.9 Å². The third kappa shape index (κ3) is 4.56. The van der Waals surface area contributed by atoms with Gasteiger partial charge in [0.15, 0.2) is 0 Å². The minimum absolute atomic E-state index is 0.214. The van der Waals surface area contributed by atoms with Crippen molar-refractivity contribution in [2.24, 2.45) is 0 Å². The molecule has 1 saturated heterocycles. The third-order valence-corrected chi connectivity index (χ3v) is 4.18. The van der Waals surface area contributed by atoms with Crippen LogP contribution in [0.3, 0.4) is 0 Å². The van der Waals surface area contributed by atoms with E-state index in [0.717, 1.165) is 24.4 Å². The summed E-state index contributed by atoms with van der Waals surface area (Å²) < 4.78 is 5.43. The topological polar surface area (TPSA) is 67.3 Å². The van der Waals surface area contributed by atoms with Gasteiger partial charge in [-0.25, -0.2) is 14.8 Å². The van der Waals surface area contributed by atoms with Gasteiger partial charge in [0.1, 0.15) is 17.7 Å². The van der Waals surface area contributed by atoms with Gasteiger partial charge in [-0.15, -0.1) is 0 Å². The second kappa shape index (κ2) is 6.34. The zero-order valence-electron chi connectivity index (χ0n) is 14.2. The van der Waals surface area contributed by atoms with E-state index in [2.05, 4.69) is 21.4 Å². The number of anilines is 1. The fraction of sp³-hybridized carbons (Fsp3) is 0.706. The maximum Gasteiger partial charge on any atom is 0.410 e. The van der Waals surface area contributed by atoms with Crippen molar-refractivity contribution in [1.82, 2.24) is 14.9 Å². The lowest BCUT2D eigenvalue weighted by molar-refractivity contribution is 0.0210. The molecule has 1 amide bonds. The molecule has 0 radical (unpaired) electrons. The summed E-state index contributed by atoms with van der Waals surface area (Å²) in [5.74, 6) is 1.53. The zero-order valence-corrected chi connectivity index (χ0v) is 14.2. The van der Waals surface area contributed by atoms with Gasteiger partial charge in [-0.05, 0) is 46.5 Å². The second-order valence-electron chi connectivity index (χ2n) is 7.49. The molecule has 0 spiro atoms. The van der Waals surface area contributed by atoms with Gasteiger partial charge in [-0.1, -0.05) is 0 Å². The van der Waals surface area contributed by atoms with E-state index in [1.54, 1.807) is 11.2 Å².